The first-order valence-corrected chi connectivity index (χ1v) is 12.1. The predicted molar refractivity (Wildman–Crippen MR) is 134 cm³/mol. The number of halogens is 3. The minimum Gasteiger partial charge on any atom is -0.497 e. The summed E-state index contributed by atoms with van der Waals surface area (Å²) in [4.78, 5) is 23.5. The molecule has 1 amide bonds. The van der Waals surface area contributed by atoms with Crippen LogP contribution in [0.15, 0.2) is 71.4 Å². The van der Waals surface area contributed by atoms with E-state index in [2.05, 4.69) is 30.1 Å². The lowest BCUT2D eigenvalue weighted by Gasteiger charge is -2.21. The van der Waals surface area contributed by atoms with Crippen LogP contribution in [0, 0.1) is 0 Å². The summed E-state index contributed by atoms with van der Waals surface area (Å²) < 4.78 is 51.8. The van der Waals surface area contributed by atoms with Gasteiger partial charge in [-0.2, -0.15) is 4.98 Å². The fourth-order valence-corrected chi connectivity index (χ4v) is 4.34. The number of aromatic nitrogens is 3. The Bertz CT molecular complexity index is 1410. The molecule has 1 fully saturated rings. The lowest BCUT2D eigenvalue weighted by molar-refractivity contribution is -0.274. The third-order valence-electron chi connectivity index (χ3n) is 6.25. The van der Waals surface area contributed by atoms with Gasteiger partial charge in [0.25, 0.3) is 5.91 Å². The highest BCUT2D eigenvalue weighted by Gasteiger charge is 2.32. The van der Waals surface area contributed by atoms with E-state index in [4.69, 9.17) is 9.26 Å². The van der Waals surface area contributed by atoms with Crippen molar-refractivity contribution in [2.75, 3.05) is 19.0 Å². The Hall–Kier alpha value is -4.45. The van der Waals surface area contributed by atoms with Crippen LogP contribution in [-0.2, 0) is 6.54 Å². The molecule has 0 bridgehead atoms. The second-order valence-electron chi connectivity index (χ2n) is 8.89. The van der Waals surface area contributed by atoms with Crippen LogP contribution in [0.25, 0.3) is 11.4 Å². The normalized spacial score (nSPS) is 15.7. The molecule has 1 aliphatic heterocycles. The van der Waals surface area contributed by atoms with Crippen molar-refractivity contribution < 1.29 is 32.0 Å². The van der Waals surface area contributed by atoms with Crippen LogP contribution in [0.1, 0.15) is 40.7 Å². The largest absolute Gasteiger partial charge is 0.573 e. The molecule has 1 atom stereocenters. The second-order valence-corrected chi connectivity index (χ2v) is 8.89. The van der Waals surface area contributed by atoms with E-state index in [0.717, 1.165) is 24.9 Å². The van der Waals surface area contributed by atoms with Crippen LogP contribution in [0.2, 0.25) is 0 Å². The number of nitrogens with one attached hydrogen (secondary N) is 1. The van der Waals surface area contributed by atoms with Crippen molar-refractivity contribution in [3.8, 4) is 22.9 Å². The summed E-state index contributed by atoms with van der Waals surface area (Å²) in [5, 5.41) is 6.84. The van der Waals surface area contributed by atoms with Crippen LogP contribution in [0.3, 0.4) is 0 Å². The van der Waals surface area contributed by atoms with Gasteiger partial charge in [0.05, 0.1) is 13.2 Å². The first kappa shape index (κ1) is 26.2. The maximum absolute atomic E-state index is 12.5. The Balaban J connectivity index is 1.21. The van der Waals surface area contributed by atoms with Crippen LogP contribution in [0.5, 0.6) is 11.5 Å². The second kappa shape index (κ2) is 11.1. The number of carbonyl (C=O) groups excluding carboxylic acids is 1. The van der Waals surface area contributed by atoms with Crippen molar-refractivity contribution in [3.63, 3.8) is 0 Å². The average molecular weight is 540 g/mol. The molecule has 0 aliphatic carbocycles. The van der Waals surface area contributed by atoms with Crippen molar-refractivity contribution in [3.05, 3.63) is 83.9 Å². The SMILES string of the molecule is COc1ccc(C(=O)Nc2ccc(-c3noc(C4CCCN4Cc4ccc(OC(F)(F)F)cc4)n3)cn2)cc1. The highest BCUT2D eigenvalue weighted by atomic mass is 19.4. The van der Waals surface area contributed by atoms with Gasteiger partial charge in [0, 0.05) is 23.9 Å². The highest BCUT2D eigenvalue weighted by Crippen LogP contribution is 2.33. The Morgan fingerprint density at radius 1 is 1.08 bits per heavy atom. The van der Waals surface area contributed by atoms with Crippen LogP contribution < -0.4 is 14.8 Å². The topological polar surface area (TPSA) is 103 Å². The number of pyridine rings is 1. The number of benzene rings is 2. The molecular weight excluding hydrogens is 515 g/mol. The van der Waals surface area contributed by atoms with Gasteiger partial charge < -0.3 is 19.3 Å². The zero-order valence-corrected chi connectivity index (χ0v) is 20.8. The first-order chi connectivity index (χ1) is 18.8. The van der Waals surface area contributed by atoms with E-state index in [1.807, 2.05) is 0 Å². The maximum Gasteiger partial charge on any atom is 0.573 e. The number of hydrogen-bond acceptors (Lipinski definition) is 8. The van der Waals surface area contributed by atoms with E-state index >= 15 is 0 Å². The van der Waals surface area contributed by atoms with E-state index in [-0.39, 0.29) is 17.7 Å². The molecule has 39 heavy (non-hydrogen) atoms. The van der Waals surface area contributed by atoms with E-state index in [0.29, 0.717) is 41.0 Å². The predicted octanol–water partition coefficient (Wildman–Crippen LogP) is 5.63. The molecule has 1 unspecified atom stereocenters. The average Bonchev–Trinajstić information content (AvgIpc) is 3.59. The van der Waals surface area contributed by atoms with Gasteiger partial charge >= 0.3 is 6.36 Å². The number of methoxy groups -OCH3 is 1. The van der Waals surface area contributed by atoms with E-state index in [1.165, 1.54) is 12.1 Å². The Morgan fingerprint density at radius 3 is 2.49 bits per heavy atom. The molecule has 1 N–H and O–H groups in total. The number of ether oxygens (including phenoxy) is 2. The standard InChI is InChI=1S/C27H24F3N5O4/c1-37-20-11-6-18(7-12-20)25(36)32-23-13-8-19(15-31-23)24-33-26(39-34-24)22-3-2-14-35(22)16-17-4-9-21(10-5-17)38-27(28,29)30/h4-13,15,22H,2-3,14,16H2,1H3,(H,31,32,36). The van der Waals surface area contributed by atoms with Gasteiger partial charge in [-0.15, -0.1) is 13.2 Å². The first-order valence-electron chi connectivity index (χ1n) is 12.1. The smallest absolute Gasteiger partial charge is 0.497 e. The van der Waals surface area contributed by atoms with Crippen LogP contribution in [0.4, 0.5) is 19.0 Å². The monoisotopic (exact) mass is 539 g/mol. The van der Waals surface area contributed by atoms with Gasteiger partial charge in [-0.1, -0.05) is 17.3 Å². The molecule has 9 nitrogen and oxygen atoms in total. The summed E-state index contributed by atoms with van der Waals surface area (Å²) in [6.07, 6.45) is -1.44. The molecule has 2 aromatic heterocycles. The van der Waals surface area contributed by atoms with Gasteiger partial charge in [0.15, 0.2) is 0 Å². The molecule has 1 aliphatic rings. The van der Waals surface area contributed by atoms with Crippen molar-refractivity contribution in [2.24, 2.45) is 0 Å². The van der Waals surface area contributed by atoms with E-state index < -0.39 is 6.36 Å². The summed E-state index contributed by atoms with van der Waals surface area (Å²) in [6, 6.07) is 15.8. The zero-order valence-electron chi connectivity index (χ0n) is 20.8. The molecule has 2 aromatic carbocycles. The number of hydrogen-bond donors (Lipinski definition) is 1. The van der Waals surface area contributed by atoms with Crippen molar-refractivity contribution in [1.29, 1.82) is 0 Å². The summed E-state index contributed by atoms with van der Waals surface area (Å²) in [7, 11) is 1.56. The Labute approximate surface area is 221 Å². The highest BCUT2D eigenvalue weighted by molar-refractivity contribution is 6.03. The number of anilines is 1. The van der Waals surface area contributed by atoms with Gasteiger partial charge in [-0.05, 0) is 73.5 Å². The van der Waals surface area contributed by atoms with Crippen LogP contribution >= 0.6 is 0 Å². The van der Waals surface area contributed by atoms with Crippen molar-refractivity contribution in [1.82, 2.24) is 20.0 Å². The number of likely N-dealkylation sites (tertiary alicyclic amines) is 1. The van der Waals surface area contributed by atoms with Crippen molar-refractivity contribution in [2.45, 2.75) is 31.8 Å². The molecule has 3 heterocycles. The summed E-state index contributed by atoms with van der Waals surface area (Å²) in [5.41, 5.74) is 1.93. The number of carbonyl (C=O) groups is 1. The lowest BCUT2D eigenvalue weighted by Crippen LogP contribution is -2.23. The molecule has 12 heteroatoms. The Kier molecular flexibility index (Phi) is 7.46. The van der Waals surface area contributed by atoms with Gasteiger partial charge in [0.2, 0.25) is 11.7 Å². The molecule has 5 rings (SSSR count). The number of rotatable bonds is 8. The lowest BCUT2D eigenvalue weighted by atomic mass is 10.1. The maximum atomic E-state index is 12.5. The van der Waals surface area contributed by atoms with Gasteiger partial charge in [-0.25, -0.2) is 4.98 Å². The summed E-state index contributed by atoms with van der Waals surface area (Å²) in [5.74, 6) is 1.29. The Morgan fingerprint density at radius 2 is 1.82 bits per heavy atom. The zero-order chi connectivity index (χ0) is 27.4. The third kappa shape index (κ3) is 6.52. The fourth-order valence-electron chi connectivity index (χ4n) is 4.34. The third-order valence-corrected chi connectivity index (χ3v) is 6.25. The van der Waals surface area contributed by atoms with E-state index in [9.17, 15) is 18.0 Å². The number of nitrogens with zero attached hydrogens (tertiary/aromatic N) is 4. The van der Waals surface area contributed by atoms with E-state index in [1.54, 1.807) is 61.8 Å². The number of alkyl halides is 3. The van der Waals surface area contributed by atoms with Gasteiger partial charge in [0.1, 0.15) is 17.3 Å². The molecule has 1 saturated heterocycles. The molecular formula is C27H24F3N5O4. The molecule has 0 spiro atoms. The minimum absolute atomic E-state index is 0.117. The van der Waals surface area contributed by atoms with Gasteiger partial charge in [-0.3, -0.25) is 9.69 Å². The fraction of sp³-hybridized carbons (Fsp3) is 0.259. The summed E-state index contributed by atoms with van der Waals surface area (Å²) in [6.45, 7) is 1.30. The quantitative estimate of drug-likeness (QED) is 0.308. The van der Waals surface area contributed by atoms with Crippen LogP contribution in [-0.4, -0.2) is 45.9 Å². The molecule has 4 aromatic rings. The van der Waals surface area contributed by atoms with Crippen molar-refractivity contribution >= 4 is 11.7 Å². The molecule has 0 saturated carbocycles. The summed E-state index contributed by atoms with van der Waals surface area (Å²) >= 11 is 0. The minimum atomic E-state index is -4.72. The molecule has 0 radical (unpaired) electrons. The molecule has 202 valence electrons. The number of amides is 1.